The highest BCUT2D eigenvalue weighted by molar-refractivity contribution is 7.71. The Balaban J connectivity index is 1.79. The lowest BCUT2D eigenvalue weighted by Gasteiger charge is -2.29. The number of hydrogen-bond acceptors (Lipinski definition) is 4. The first kappa shape index (κ1) is 18.1. The molecule has 2 heterocycles. The summed E-state index contributed by atoms with van der Waals surface area (Å²) in [6.45, 7) is 4.29. The zero-order chi connectivity index (χ0) is 18.8. The molecule has 1 saturated heterocycles. The Hall–Kier alpha value is -2.28. The number of benzene rings is 2. The van der Waals surface area contributed by atoms with Gasteiger partial charge in [0.05, 0.1) is 18.5 Å². The molecule has 2 aromatic carbocycles. The highest BCUT2D eigenvalue weighted by Gasteiger charge is 2.20. The molecule has 0 bridgehead atoms. The molecule has 0 saturated carbocycles. The second kappa shape index (κ2) is 7.76. The van der Waals surface area contributed by atoms with Crippen molar-refractivity contribution in [3.05, 3.63) is 64.9 Å². The van der Waals surface area contributed by atoms with Crippen molar-refractivity contribution < 1.29 is 5.11 Å². The topological polar surface area (TPSA) is 46.2 Å². The SMILES string of the molecule is Cc1cccc(-n2c(-c3ccccc3)nn(CN3CCC[C@@H](O)C3)c2=S)c1. The van der Waals surface area contributed by atoms with Crippen LogP contribution in [0.4, 0.5) is 0 Å². The van der Waals surface area contributed by atoms with Crippen molar-refractivity contribution >= 4 is 12.2 Å². The standard InChI is InChI=1S/C21H24N4OS/c1-16-7-5-10-18(13-16)25-20(17-8-3-2-4-9-17)22-24(21(25)27)15-23-12-6-11-19(26)14-23/h2-5,7-10,13,19,26H,6,11-12,14-15H2,1H3/t19-/m1/s1. The molecule has 5 nitrogen and oxygen atoms in total. The van der Waals surface area contributed by atoms with Crippen molar-refractivity contribution in [2.24, 2.45) is 0 Å². The number of hydrogen-bond donors (Lipinski definition) is 1. The zero-order valence-corrected chi connectivity index (χ0v) is 16.3. The molecule has 1 atom stereocenters. The van der Waals surface area contributed by atoms with Gasteiger partial charge >= 0.3 is 0 Å². The Kier molecular flexibility index (Phi) is 5.20. The van der Waals surface area contributed by atoms with Crippen LogP contribution in [-0.2, 0) is 6.67 Å². The molecule has 0 spiro atoms. The number of piperidine rings is 1. The van der Waals surface area contributed by atoms with Gasteiger partial charge < -0.3 is 5.11 Å². The van der Waals surface area contributed by atoms with Gasteiger partial charge in [0, 0.05) is 18.7 Å². The molecular weight excluding hydrogens is 356 g/mol. The average molecular weight is 381 g/mol. The molecule has 0 aliphatic carbocycles. The number of aromatic nitrogens is 3. The van der Waals surface area contributed by atoms with Crippen LogP contribution in [0.2, 0.25) is 0 Å². The van der Waals surface area contributed by atoms with Gasteiger partial charge in [0.1, 0.15) is 0 Å². The summed E-state index contributed by atoms with van der Waals surface area (Å²) < 4.78 is 4.58. The van der Waals surface area contributed by atoms with E-state index in [4.69, 9.17) is 17.3 Å². The third kappa shape index (κ3) is 3.88. The fourth-order valence-corrected chi connectivity index (χ4v) is 3.91. The third-order valence-corrected chi connectivity index (χ3v) is 5.34. The summed E-state index contributed by atoms with van der Waals surface area (Å²) in [5.74, 6) is 0.837. The predicted octanol–water partition coefficient (Wildman–Crippen LogP) is 3.79. The molecule has 0 radical (unpaired) electrons. The minimum atomic E-state index is -0.264. The lowest BCUT2D eigenvalue weighted by molar-refractivity contribution is 0.0513. The Morgan fingerprint density at radius 1 is 1.15 bits per heavy atom. The largest absolute Gasteiger partial charge is 0.392 e. The van der Waals surface area contributed by atoms with Gasteiger partial charge in [-0.15, -0.1) is 5.10 Å². The maximum Gasteiger partial charge on any atom is 0.204 e. The predicted molar refractivity (Wildman–Crippen MR) is 109 cm³/mol. The number of aryl methyl sites for hydroxylation is 1. The maximum atomic E-state index is 9.97. The normalized spacial score (nSPS) is 17.9. The average Bonchev–Trinajstić information content (AvgIpc) is 2.99. The summed E-state index contributed by atoms with van der Waals surface area (Å²) in [6, 6.07) is 18.4. The highest BCUT2D eigenvalue weighted by Crippen LogP contribution is 2.23. The van der Waals surface area contributed by atoms with Gasteiger partial charge in [-0.1, -0.05) is 42.5 Å². The fraction of sp³-hybridized carbons (Fsp3) is 0.333. The number of nitrogens with zero attached hydrogens (tertiary/aromatic N) is 4. The molecule has 27 heavy (non-hydrogen) atoms. The lowest BCUT2D eigenvalue weighted by Crippen LogP contribution is -2.39. The molecule has 6 heteroatoms. The molecule has 3 aromatic rings. The second-order valence-electron chi connectivity index (χ2n) is 7.16. The number of rotatable bonds is 4. The van der Waals surface area contributed by atoms with E-state index in [1.807, 2.05) is 33.5 Å². The van der Waals surface area contributed by atoms with Gasteiger partial charge in [-0.2, -0.15) is 0 Å². The first-order valence-electron chi connectivity index (χ1n) is 9.34. The van der Waals surface area contributed by atoms with Crippen LogP contribution in [0.5, 0.6) is 0 Å². The Morgan fingerprint density at radius 2 is 1.96 bits per heavy atom. The Bertz CT molecular complexity index is 979. The second-order valence-corrected chi connectivity index (χ2v) is 7.53. The number of likely N-dealkylation sites (tertiary alicyclic amines) is 1. The van der Waals surface area contributed by atoms with Crippen molar-refractivity contribution in [1.29, 1.82) is 0 Å². The van der Waals surface area contributed by atoms with Crippen LogP contribution in [0, 0.1) is 11.7 Å². The first-order chi connectivity index (χ1) is 13.1. The van der Waals surface area contributed by atoms with Gasteiger partial charge in [-0.25, -0.2) is 4.68 Å². The third-order valence-electron chi connectivity index (χ3n) is 4.95. The van der Waals surface area contributed by atoms with Crippen LogP contribution in [0.3, 0.4) is 0 Å². The number of aliphatic hydroxyl groups excluding tert-OH is 1. The van der Waals surface area contributed by atoms with E-state index in [0.29, 0.717) is 18.0 Å². The van der Waals surface area contributed by atoms with Crippen molar-refractivity contribution in [3.8, 4) is 17.1 Å². The van der Waals surface area contributed by atoms with E-state index in [1.165, 1.54) is 5.56 Å². The molecule has 0 amide bonds. The molecule has 1 N–H and O–H groups in total. The van der Waals surface area contributed by atoms with Gasteiger partial charge in [-0.3, -0.25) is 9.47 Å². The van der Waals surface area contributed by atoms with Crippen LogP contribution in [-0.4, -0.2) is 43.5 Å². The minimum Gasteiger partial charge on any atom is -0.392 e. The molecule has 4 rings (SSSR count). The maximum absolute atomic E-state index is 9.97. The van der Waals surface area contributed by atoms with Gasteiger partial charge in [0.25, 0.3) is 0 Å². The summed E-state index contributed by atoms with van der Waals surface area (Å²) in [5, 5.41) is 14.8. The minimum absolute atomic E-state index is 0.264. The van der Waals surface area contributed by atoms with Crippen molar-refractivity contribution in [2.45, 2.75) is 32.5 Å². The number of β-amino-alcohol motifs (C(OH)–C–C–N with tert-alkyl or cyclic N) is 1. The van der Waals surface area contributed by atoms with E-state index in [0.717, 1.165) is 36.5 Å². The summed E-state index contributed by atoms with van der Waals surface area (Å²) in [5.41, 5.74) is 3.23. The molecule has 1 aromatic heterocycles. The smallest absolute Gasteiger partial charge is 0.204 e. The molecule has 0 unspecified atom stereocenters. The molecule has 1 aliphatic rings. The van der Waals surface area contributed by atoms with Crippen molar-refractivity contribution in [3.63, 3.8) is 0 Å². The number of aliphatic hydroxyl groups is 1. The Labute approximate surface area is 164 Å². The van der Waals surface area contributed by atoms with Gasteiger partial charge in [0.15, 0.2) is 5.82 Å². The summed E-state index contributed by atoms with van der Waals surface area (Å²) >= 11 is 5.81. The monoisotopic (exact) mass is 380 g/mol. The molecule has 1 fully saturated rings. The van der Waals surface area contributed by atoms with Crippen LogP contribution in [0.1, 0.15) is 18.4 Å². The Morgan fingerprint density at radius 3 is 2.70 bits per heavy atom. The molecule has 140 valence electrons. The van der Waals surface area contributed by atoms with Crippen LogP contribution >= 0.6 is 12.2 Å². The van der Waals surface area contributed by atoms with E-state index in [-0.39, 0.29) is 6.10 Å². The van der Waals surface area contributed by atoms with Crippen LogP contribution < -0.4 is 0 Å². The quantitative estimate of drug-likeness (QED) is 0.700. The summed E-state index contributed by atoms with van der Waals surface area (Å²) in [4.78, 5) is 2.21. The van der Waals surface area contributed by atoms with Gasteiger partial charge in [0.2, 0.25) is 4.77 Å². The van der Waals surface area contributed by atoms with Gasteiger partial charge in [-0.05, 0) is 49.7 Å². The van der Waals surface area contributed by atoms with E-state index in [1.54, 1.807) is 0 Å². The first-order valence-corrected chi connectivity index (χ1v) is 9.75. The van der Waals surface area contributed by atoms with E-state index in [2.05, 4.69) is 42.2 Å². The summed E-state index contributed by atoms with van der Waals surface area (Å²) in [7, 11) is 0. The zero-order valence-electron chi connectivity index (χ0n) is 15.5. The van der Waals surface area contributed by atoms with Crippen LogP contribution in [0.25, 0.3) is 17.1 Å². The highest BCUT2D eigenvalue weighted by atomic mass is 32.1. The van der Waals surface area contributed by atoms with Crippen LogP contribution in [0.15, 0.2) is 54.6 Å². The molecular formula is C21H24N4OS. The van der Waals surface area contributed by atoms with E-state index in [9.17, 15) is 5.11 Å². The summed E-state index contributed by atoms with van der Waals surface area (Å²) in [6.07, 6.45) is 1.61. The van der Waals surface area contributed by atoms with Crippen molar-refractivity contribution in [1.82, 2.24) is 19.2 Å². The van der Waals surface area contributed by atoms with Crippen molar-refractivity contribution in [2.75, 3.05) is 13.1 Å². The fourth-order valence-electron chi connectivity index (χ4n) is 3.62. The van der Waals surface area contributed by atoms with E-state index < -0.39 is 0 Å². The lowest BCUT2D eigenvalue weighted by atomic mass is 10.1. The van der Waals surface area contributed by atoms with E-state index >= 15 is 0 Å². The molecule has 1 aliphatic heterocycles.